The molecule has 1 aliphatic heterocycles. The Morgan fingerprint density at radius 2 is 2.28 bits per heavy atom. The van der Waals surface area contributed by atoms with Crippen LogP contribution in [0.4, 0.5) is 4.79 Å². The first kappa shape index (κ1) is 13.2. The van der Waals surface area contributed by atoms with Gasteiger partial charge in [-0.2, -0.15) is 0 Å². The molecule has 1 aromatic rings. The van der Waals surface area contributed by atoms with Crippen molar-refractivity contribution in [2.45, 2.75) is 18.9 Å². The molecule has 1 heterocycles. The predicted octanol–water partition coefficient (Wildman–Crippen LogP) is 2.76. The van der Waals surface area contributed by atoms with Gasteiger partial charge in [-0.1, -0.05) is 23.7 Å². The molecule has 1 aliphatic rings. The van der Waals surface area contributed by atoms with Gasteiger partial charge in [-0.25, -0.2) is 4.79 Å². The molecule has 18 heavy (non-hydrogen) atoms. The number of hydrogen-bond donors (Lipinski definition) is 2. The number of amides is 1. The molecule has 0 saturated carbocycles. The molecule has 2 atom stereocenters. The maximum Gasteiger partial charge on any atom is 0.407 e. The molecule has 1 amide bonds. The largest absolute Gasteiger partial charge is 0.465 e. The standard InChI is InChI=1S/C13H16ClNO3/c14-11-5-1-3-9(7-11)12(16)10-4-2-6-15(8-10)13(17)18/h1,3,5,7,10,12,16H,2,4,6,8H2,(H,17,18)/t10?,12-/m0/s1. The molecule has 2 rings (SSSR count). The summed E-state index contributed by atoms with van der Waals surface area (Å²) >= 11 is 5.89. The minimum atomic E-state index is -0.919. The first-order valence-electron chi connectivity index (χ1n) is 5.99. The summed E-state index contributed by atoms with van der Waals surface area (Å²) in [5.41, 5.74) is 0.750. The van der Waals surface area contributed by atoms with Crippen LogP contribution in [0, 0.1) is 5.92 Å². The molecule has 1 aromatic carbocycles. The van der Waals surface area contributed by atoms with E-state index in [0.717, 1.165) is 18.4 Å². The third-order valence-electron chi connectivity index (χ3n) is 3.37. The van der Waals surface area contributed by atoms with Gasteiger partial charge in [0.15, 0.2) is 0 Å². The number of piperidine rings is 1. The molecule has 1 fully saturated rings. The fraction of sp³-hybridized carbons (Fsp3) is 0.462. The number of halogens is 1. The van der Waals surface area contributed by atoms with Gasteiger partial charge in [0.1, 0.15) is 0 Å². The summed E-state index contributed by atoms with van der Waals surface area (Å²) in [5, 5.41) is 19.8. The zero-order chi connectivity index (χ0) is 13.1. The van der Waals surface area contributed by atoms with E-state index >= 15 is 0 Å². The van der Waals surface area contributed by atoms with E-state index < -0.39 is 12.2 Å². The van der Waals surface area contributed by atoms with Crippen LogP contribution in [0.1, 0.15) is 24.5 Å². The first-order chi connectivity index (χ1) is 8.58. The minimum Gasteiger partial charge on any atom is -0.465 e. The Labute approximate surface area is 111 Å². The van der Waals surface area contributed by atoms with E-state index in [0.29, 0.717) is 18.1 Å². The van der Waals surface area contributed by atoms with Gasteiger partial charge in [0.05, 0.1) is 6.10 Å². The van der Waals surface area contributed by atoms with Crippen molar-refractivity contribution >= 4 is 17.7 Å². The van der Waals surface area contributed by atoms with Crippen molar-refractivity contribution in [3.63, 3.8) is 0 Å². The summed E-state index contributed by atoms with van der Waals surface area (Å²) in [6.45, 7) is 0.928. The van der Waals surface area contributed by atoms with Crippen molar-refractivity contribution < 1.29 is 15.0 Å². The molecule has 0 spiro atoms. The van der Waals surface area contributed by atoms with Gasteiger partial charge in [-0.3, -0.25) is 0 Å². The Morgan fingerprint density at radius 1 is 1.50 bits per heavy atom. The predicted molar refractivity (Wildman–Crippen MR) is 68.7 cm³/mol. The molecule has 98 valence electrons. The molecular weight excluding hydrogens is 254 g/mol. The smallest absolute Gasteiger partial charge is 0.407 e. The lowest BCUT2D eigenvalue weighted by molar-refractivity contribution is 0.0503. The number of carbonyl (C=O) groups is 1. The van der Waals surface area contributed by atoms with Crippen LogP contribution in [0.15, 0.2) is 24.3 Å². The highest BCUT2D eigenvalue weighted by Crippen LogP contribution is 2.30. The normalized spacial score (nSPS) is 21.7. The molecule has 1 saturated heterocycles. The number of benzene rings is 1. The lowest BCUT2D eigenvalue weighted by Crippen LogP contribution is -2.40. The maximum absolute atomic E-state index is 10.9. The van der Waals surface area contributed by atoms with Gasteiger partial charge < -0.3 is 15.1 Å². The summed E-state index contributed by atoms with van der Waals surface area (Å²) in [6.07, 6.45) is 0.0373. The zero-order valence-electron chi connectivity index (χ0n) is 9.92. The zero-order valence-corrected chi connectivity index (χ0v) is 10.7. The summed E-state index contributed by atoms with van der Waals surface area (Å²) in [5.74, 6) is -0.0617. The van der Waals surface area contributed by atoms with Crippen LogP contribution in [-0.4, -0.2) is 34.3 Å². The fourth-order valence-electron chi connectivity index (χ4n) is 2.40. The Hall–Kier alpha value is -1.26. The lowest BCUT2D eigenvalue weighted by Gasteiger charge is -2.33. The van der Waals surface area contributed by atoms with Crippen LogP contribution in [0.25, 0.3) is 0 Å². The van der Waals surface area contributed by atoms with Crippen LogP contribution in [0.3, 0.4) is 0 Å². The van der Waals surface area contributed by atoms with Crippen LogP contribution in [0.5, 0.6) is 0 Å². The highest BCUT2D eigenvalue weighted by atomic mass is 35.5. The van der Waals surface area contributed by atoms with E-state index in [1.165, 1.54) is 4.90 Å². The number of likely N-dealkylation sites (tertiary alicyclic amines) is 1. The van der Waals surface area contributed by atoms with Gasteiger partial charge in [-0.05, 0) is 30.5 Å². The summed E-state index contributed by atoms with van der Waals surface area (Å²) in [6, 6.07) is 7.09. The van der Waals surface area contributed by atoms with E-state index in [1.807, 2.05) is 6.07 Å². The number of carboxylic acid groups (broad SMARTS) is 1. The van der Waals surface area contributed by atoms with Crippen LogP contribution < -0.4 is 0 Å². The Morgan fingerprint density at radius 3 is 2.94 bits per heavy atom. The fourth-order valence-corrected chi connectivity index (χ4v) is 2.60. The van der Waals surface area contributed by atoms with Crippen molar-refractivity contribution in [3.8, 4) is 0 Å². The van der Waals surface area contributed by atoms with E-state index in [2.05, 4.69) is 0 Å². The van der Waals surface area contributed by atoms with E-state index in [4.69, 9.17) is 16.7 Å². The van der Waals surface area contributed by atoms with Crippen molar-refractivity contribution in [3.05, 3.63) is 34.9 Å². The van der Waals surface area contributed by atoms with Crippen molar-refractivity contribution in [2.75, 3.05) is 13.1 Å². The molecule has 5 heteroatoms. The second-order valence-corrected chi connectivity index (χ2v) is 5.07. The SMILES string of the molecule is O=C(O)N1CCCC([C@@H](O)c2cccc(Cl)c2)C1. The van der Waals surface area contributed by atoms with E-state index in [9.17, 15) is 9.90 Å². The van der Waals surface area contributed by atoms with Crippen molar-refractivity contribution in [2.24, 2.45) is 5.92 Å². The van der Waals surface area contributed by atoms with Gasteiger partial charge >= 0.3 is 6.09 Å². The number of aliphatic hydroxyl groups excluding tert-OH is 1. The highest BCUT2D eigenvalue weighted by Gasteiger charge is 2.29. The van der Waals surface area contributed by atoms with E-state index in [-0.39, 0.29) is 5.92 Å². The van der Waals surface area contributed by atoms with Gasteiger partial charge in [-0.15, -0.1) is 0 Å². The molecule has 0 radical (unpaired) electrons. The topological polar surface area (TPSA) is 60.8 Å². The number of rotatable bonds is 2. The third kappa shape index (κ3) is 2.94. The average molecular weight is 270 g/mol. The molecule has 0 aliphatic carbocycles. The highest BCUT2D eigenvalue weighted by molar-refractivity contribution is 6.30. The molecule has 1 unspecified atom stereocenters. The summed E-state index contributed by atoms with van der Waals surface area (Å²) < 4.78 is 0. The molecule has 0 aromatic heterocycles. The quantitative estimate of drug-likeness (QED) is 0.868. The molecule has 0 bridgehead atoms. The van der Waals surface area contributed by atoms with Crippen molar-refractivity contribution in [1.82, 2.24) is 4.90 Å². The third-order valence-corrected chi connectivity index (χ3v) is 3.60. The summed E-state index contributed by atoms with van der Waals surface area (Å²) in [7, 11) is 0. The molecule has 2 N–H and O–H groups in total. The second-order valence-electron chi connectivity index (χ2n) is 4.63. The molecular formula is C13H16ClNO3. The number of hydrogen-bond acceptors (Lipinski definition) is 2. The summed E-state index contributed by atoms with van der Waals surface area (Å²) in [4.78, 5) is 12.3. The lowest BCUT2D eigenvalue weighted by atomic mass is 9.89. The van der Waals surface area contributed by atoms with Gasteiger partial charge in [0, 0.05) is 24.0 Å². The van der Waals surface area contributed by atoms with Gasteiger partial charge in [0.2, 0.25) is 0 Å². The average Bonchev–Trinajstić information content (AvgIpc) is 2.38. The van der Waals surface area contributed by atoms with Crippen molar-refractivity contribution in [1.29, 1.82) is 0 Å². The Bertz CT molecular complexity index is 438. The van der Waals surface area contributed by atoms with Crippen LogP contribution in [0.2, 0.25) is 5.02 Å². The molecule has 4 nitrogen and oxygen atoms in total. The van der Waals surface area contributed by atoms with Gasteiger partial charge in [0.25, 0.3) is 0 Å². The van der Waals surface area contributed by atoms with E-state index in [1.54, 1.807) is 18.2 Å². The Balaban J connectivity index is 2.09. The monoisotopic (exact) mass is 269 g/mol. The first-order valence-corrected chi connectivity index (χ1v) is 6.37. The van der Waals surface area contributed by atoms with Crippen LogP contribution >= 0.6 is 11.6 Å². The second kappa shape index (κ2) is 5.59. The Kier molecular flexibility index (Phi) is 4.09. The number of aliphatic hydroxyl groups is 1. The maximum atomic E-state index is 10.9. The minimum absolute atomic E-state index is 0.0617. The number of nitrogens with zero attached hydrogens (tertiary/aromatic N) is 1. The van der Waals surface area contributed by atoms with Crippen LogP contribution in [-0.2, 0) is 0 Å².